The molecule has 0 bridgehead atoms. The van der Waals surface area contributed by atoms with Gasteiger partial charge in [0.25, 0.3) is 0 Å². The minimum absolute atomic E-state index is 0.231. The van der Waals surface area contributed by atoms with Crippen molar-refractivity contribution in [1.82, 2.24) is 9.78 Å². The average Bonchev–Trinajstić information content (AvgIpc) is 2.36. The quantitative estimate of drug-likeness (QED) is 0.749. The predicted octanol–water partition coefficient (Wildman–Crippen LogP) is 0.653. The van der Waals surface area contributed by atoms with Crippen LogP contribution in [0.25, 0.3) is 0 Å². The third-order valence-electron chi connectivity index (χ3n) is 1.62. The van der Waals surface area contributed by atoms with Gasteiger partial charge in [-0.1, -0.05) is 0 Å². The molecule has 12 heavy (non-hydrogen) atoms. The lowest BCUT2D eigenvalue weighted by atomic mass is 10.2. The zero-order valence-corrected chi connectivity index (χ0v) is 8.34. The highest BCUT2D eigenvalue weighted by Gasteiger charge is 2.04. The SMILES string of the molecule is CSCC(N)Cc1ccn(C)n1. The van der Waals surface area contributed by atoms with Gasteiger partial charge in [0, 0.05) is 31.5 Å². The Morgan fingerprint density at radius 2 is 2.50 bits per heavy atom. The number of rotatable bonds is 4. The van der Waals surface area contributed by atoms with Crippen molar-refractivity contribution in [2.75, 3.05) is 12.0 Å². The van der Waals surface area contributed by atoms with Crippen molar-refractivity contribution >= 4 is 11.8 Å². The second-order valence-electron chi connectivity index (χ2n) is 2.90. The Morgan fingerprint density at radius 3 is 3.00 bits per heavy atom. The molecule has 0 radical (unpaired) electrons. The van der Waals surface area contributed by atoms with Crippen molar-refractivity contribution in [3.63, 3.8) is 0 Å². The second kappa shape index (κ2) is 4.52. The normalized spacial score (nSPS) is 13.2. The van der Waals surface area contributed by atoms with Crippen LogP contribution in [0.4, 0.5) is 0 Å². The Balaban J connectivity index is 2.41. The van der Waals surface area contributed by atoms with Crippen molar-refractivity contribution < 1.29 is 0 Å². The van der Waals surface area contributed by atoms with Crippen LogP contribution < -0.4 is 5.73 Å². The number of aryl methyl sites for hydroxylation is 1. The largest absolute Gasteiger partial charge is 0.327 e. The van der Waals surface area contributed by atoms with Crippen LogP contribution in [0.2, 0.25) is 0 Å². The zero-order chi connectivity index (χ0) is 8.97. The number of hydrogen-bond donors (Lipinski definition) is 1. The van der Waals surface area contributed by atoms with Gasteiger partial charge in [-0.2, -0.15) is 16.9 Å². The molecular weight excluding hydrogens is 170 g/mol. The van der Waals surface area contributed by atoms with E-state index >= 15 is 0 Å². The first-order chi connectivity index (χ1) is 5.72. The first-order valence-electron chi connectivity index (χ1n) is 3.95. The van der Waals surface area contributed by atoms with Crippen LogP contribution in [-0.2, 0) is 13.5 Å². The van der Waals surface area contributed by atoms with Crippen molar-refractivity contribution in [3.05, 3.63) is 18.0 Å². The number of nitrogens with two attached hydrogens (primary N) is 1. The molecule has 3 nitrogen and oxygen atoms in total. The van der Waals surface area contributed by atoms with Crippen molar-refractivity contribution in [1.29, 1.82) is 0 Å². The first kappa shape index (κ1) is 9.61. The Bertz CT molecular complexity index is 234. The predicted molar refractivity (Wildman–Crippen MR) is 53.3 cm³/mol. The zero-order valence-electron chi connectivity index (χ0n) is 7.53. The summed E-state index contributed by atoms with van der Waals surface area (Å²) in [5.41, 5.74) is 6.94. The van der Waals surface area contributed by atoms with Gasteiger partial charge in [-0.05, 0) is 12.3 Å². The van der Waals surface area contributed by atoms with Crippen LogP contribution >= 0.6 is 11.8 Å². The topological polar surface area (TPSA) is 43.8 Å². The number of hydrogen-bond acceptors (Lipinski definition) is 3. The summed E-state index contributed by atoms with van der Waals surface area (Å²) < 4.78 is 1.81. The molecule has 0 fully saturated rings. The molecule has 68 valence electrons. The third-order valence-corrected chi connectivity index (χ3v) is 2.38. The molecule has 1 heterocycles. The number of thioether (sulfide) groups is 1. The molecule has 0 aliphatic rings. The molecule has 1 aromatic heterocycles. The summed E-state index contributed by atoms with van der Waals surface area (Å²) in [4.78, 5) is 0. The maximum Gasteiger partial charge on any atom is 0.0640 e. The Kier molecular flexibility index (Phi) is 3.62. The summed E-state index contributed by atoms with van der Waals surface area (Å²) in [6, 6.07) is 2.25. The fraction of sp³-hybridized carbons (Fsp3) is 0.625. The molecular formula is C8H15N3S. The van der Waals surface area contributed by atoms with Crippen molar-refractivity contribution in [2.45, 2.75) is 12.5 Å². The molecule has 0 spiro atoms. The fourth-order valence-corrected chi connectivity index (χ4v) is 1.66. The minimum Gasteiger partial charge on any atom is -0.327 e. The van der Waals surface area contributed by atoms with Crippen molar-refractivity contribution in [2.24, 2.45) is 12.8 Å². The average molecular weight is 185 g/mol. The van der Waals surface area contributed by atoms with E-state index in [4.69, 9.17) is 5.73 Å². The highest BCUT2D eigenvalue weighted by molar-refractivity contribution is 7.98. The van der Waals surface area contributed by atoms with Gasteiger partial charge in [0.15, 0.2) is 0 Å². The molecule has 0 aromatic carbocycles. The van der Waals surface area contributed by atoms with E-state index in [1.165, 1.54) is 0 Å². The smallest absolute Gasteiger partial charge is 0.0640 e. The van der Waals surface area contributed by atoms with Crippen LogP contribution in [0.3, 0.4) is 0 Å². The van der Waals surface area contributed by atoms with Gasteiger partial charge in [0.1, 0.15) is 0 Å². The summed E-state index contributed by atoms with van der Waals surface area (Å²) >= 11 is 1.78. The van der Waals surface area contributed by atoms with Crippen LogP contribution in [0.1, 0.15) is 5.69 Å². The highest BCUT2D eigenvalue weighted by Crippen LogP contribution is 2.02. The van der Waals surface area contributed by atoms with E-state index in [0.717, 1.165) is 17.9 Å². The maximum absolute atomic E-state index is 5.86. The highest BCUT2D eigenvalue weighted by atomic mass is 32.2. The van der Waals surface area contributed by atoms with Gasteiger partial charge < -0.3 is 5.73 Å². The fourth-order valence-electron chi connectivity index (χ4n) is 1.11. The minimum atomic E-state index is 0.231. The summed E-state index contributed by atoms with van der Waals surface area (Å²) in [6.45, 7) is 0. The molecule has 1 aromatic rings. The summed E-state index contributed by atoms with van der Waals surface area (Å²) in [7, 11) is 1.92. The number of nitrogens with zero attached hydrogens (tertiary/aromatic N) is 2. The lowest BCUT2D eigenvalue weighted by Crippen LogP contribution is -2.25. The standard InChI is InChI=1S/C8H15N3S/c1-11-4-3-8(10-11)5-7(9)6-12-2/h3-4,7H,5-6,9H2,1-2H3. The van der Waals surface area contributed by atoms with Crippen LogP contribution in [-0.4, -0.2) is 27.8 Å². The molecule has 2 N–H and O–H groups in total. The van der Waals surface area contributed by atoms with E-state index in [-0.39, 0.29) is 6.04 Å². The summed E-state index contributed by atoms with van der Waals surface area (Å²) in [6.07, 6.45) is 4.89. The van der Waals surface area contributed by atoms with Gasteiger partial charge in [-0.15, -0.1) is 0 Å². The lowest BCUT2D eigenvalue weighted by Gasteiger charge is -2.06. The summed E-state index contributed by atoms with van der Waals surface area (Å²) in [5.74, 6) is 0.997. The molecule has 0 amide bonds. The molecule has 1 rings (SSSR count). The van der Waals surface area contributed by atoms with Crippen LogP contribution in [0, 0.1) is 0 Å². The molecule has 0 aliphatic heterocycles. The Morgan fingerprint density at radius 1 is 1.75 bits per heavy atom. The van der Waals surface area contributed by atoms with E-state index in [9.17, 15) is 0 Å². The van der Waals surface area contributed by atoms with Gasteiger partial charge in [-0.25, -0.2) is 0 Å². The Hall–Kier alpha value is -0.480. The Labute approximate surface area is 77.3 Å². The molecule has 4 heteroatoms. The molecule has 1 atom stereocenters. The second-order valence-corrected chi connectivity index (χ2v) is 3.81. The van der Waals surface area contributed by atoms with E-state index in [1.54, 1.807) is 16.4 Å². The lowest BCUT2D eigenvalue weighted by molar-refractivity contribution is 0.691. The van der Waals surface area contributed by atoms with E-state index in [1.807, 2.05) is 19.3 Å². The van der Waals surface area contributed by atoms with E-state index in [0.29, 0.717) is 0 Å². The summed E-state index contributed by atoms with van der Waals surface area (Å²) in [5, 5.41) is 4.26. The molecule has 0 saturated heterocycles. The van der Waals surface area contributed by atoms with E-state index in [2.05, 4.69) is 11.4 Å². The van der Waals surface area contributed by atoms with Crippen molar-refractivity contribution in [3.8, 4) is 0 Å². The van der Waals surface area contributed by atoms with E-state index < -0.39 is 0 Å². The molecule has 1 unspecified atom stereocenters. The molecule has 0 saturated carbocycles. The monoisotopic (exact) mass is 185 g/mol. The third kappa shape index (κ3) is 2.87. The van der Waals surface area contributed by atoms with Gasteiger partial charge >= 0.3 is 0 Å². The first-order valence-corrected chi connectivity index (χ1v) is 5.35. The molecule has 0 aliphatic carbocycles. The number of aromatic nitrogens is 2. The van der Waals surface area contributed by atoms with Crippen LogP contribution in [0.5, 0.6) is 0 Å². The van der Waals surface area contributed by atoms with Gasteiger partial charge in [0.05, 0.1) is 5.69 Å². The maximum atomic E-state index is 5.86. The van der Waals surface area contributed by atoms with Gasteiger partial charge in [0.2, 0.25) is 0 Å². The van der Waals surface area contributed by atoms with Gasteiger partial charge in [-0.3, -0.25) is 4.68 Å². The van der Waals surface area contributed by atoms with Crippen LogP contribution in [0.15, 0.2) is 12.3 Å².